The van der Waals surface area contributed by atoms with Crippen molar-refractivity contribution in [2.75, 3.05) is 9.80 Å². The molecule has 0 saturated heterocycles. The lowest BCUT2D eigenvalue weighted by molar-refractivity contribution is 0.0686. The first-order valence-electron chi connectivity index (χ1n) is 12.8. The highest BCUT2D eigenvalue weighted by atomic mass is 16.4. The first-order valence-corrected chi connectivity index (χ1v) is 12.8. The second-order valence-corrected chi connectivity index (χ2v) is 9.85. The Bertz CT molecular complexity index is 1990. The van der Waals surface area contributed by atoms with Gasteiger partial charge in [-0.05, 0) is 71.8 Å². The van der Waals surface area contributed by atoms with Crippen LogP contribution in [0.4, 0.5) is 11.4 Å². The molecular weight excluding hydrogens is 564 g/mol. The Morgan fingerprint density at radius 2 is 0.886 bits per heavy atom. The van der Waals surface area contributed by atoms with Crippen molar-refractivity contribution in [1.82, 2.24) is 0 Å². The molecule has 0 spiro atoms. The highest BCUT2D eigenvalue weighted by molar-refractivity contribution is 6.36. The number of carbonyl (C=O) groups is 6. The van der Waals surface area contributed by atoms with E-state index in [1.165, 1.54) is 60.7 Å². The maximum absolute atomic E-state index is 13.4. The van der Waals surface area contributed by atoms with Crippen molar-refractivity contribution in [3.8, 4) is 35.8 Å². The Morgan fingerprint density at radius 3 is 1.23 bits per heavy atom. The fourth-order valence-electron chi connectivity index (χ4n) is 5.20. The molecule has 2 aliphatic rings. The number of hydrogen-bond acceptors (Lipinski definition) is 6. The molecule has 4 amide bonds. The van der Waals surface area contributed by atoms with Crippen molar-refractivity contribution in [2.45, 2.75) is 0 Å². The fourth-order valence-corrected chi connectivity index (χ4v) is 5.20. The highest BCUT2D eigenvalue weighted by Gasteiger charge is 2.39. The van der Waals surface area contributed by atoms with Crippen molar-refractivity contribution in [1.29, 1.82) is 0 Å². The van der Waals surface area contributed by atoms with Gasteiger partial charge in [-0.15, -0.1) is 12.8 Å². The monoisotopic (exact) mass is 580 g/mol. The molecule has 2 N–H and O–H groups in total. The van der Waals surface area contributed by atoms with Crippen LogP contribution in [0.1, 0.15) is 73.3 Å². The molecule has 0 fully saturated rings. The number of benzene rings is 4. The van der Waals surface area contributed by atoms with E-state index in [4.69, 9.17) is 12.8 Å². The quantitative estimate of drug-likeness (QED) is 0.262. The summed E-state index contributed by atoms with van der Waals surface area (Å²) in [7, 11) is 0. The SMILES string of the molecule is C#Cc1cc(C(=O)O)cc(N2C(=O)c3ccc(-c4ccc5c(c4)C(=O)N(c4cc(C#C)cc(C(=O)O)c4)C5=O)cc3C2=O)c1. The van der Waals surface area contributed by atoms with E-state index in [0.717, 1.165) is 9.80 Å². The molecular formula is C34H16N2O8. The van der Waals surface area contributed by atoms with Gasteiger partial charge in [0.15, 0.2) is 0 Å². The van der Waals surface area contributed by atoms with Crippen molar-refractivity contribution in [3.05, 3.63) is 117 Å². The molecule has 0 saturated carbocycles. The van der Waals surface area contributed by atoms with Crippen LogP contribution in [0.15, 0.2) is 72.8 Å². The number of carboxylic acids is 2. The summed E-state index contributed by atoms with van der Waals surface area (Å²) in [6, 6.07) is 16.6. The number of carboxylic acid groups (broad SMARTS) is 2. The van der Waals surface area contributed by atoms with Crippen molar-refractivity contribution >= 4 is 46.9 Å². The van der Waals surface area contributed by atoms with E-state index in [-0.39, 0.29) is 55.9 Å². The Balaban J connectivity index is 1.36. The number of imide groups is 2. The third-order valence-electron chi connectivity index (χ3n) is 7.29. The van der Waals surface area contributed by atoms with Crippen LogP contribution in [0.3, 0.4) is 0 Å². The van der Waals surface area contributed by atoms with E-state index in [1.807, 2.05) is 0 Å². The minimum atomic E-state index is -1.28. The van der Waals surface area contributed by atoms with E-state index in [2.05, 4.69) is 11.8 Å². The Morgan fingerprint density at radius 1 is 0.523 bits per heavy atom. The highest BCUT2D eigenvalue weighted by Crippen LogP contribution is 2.36. The first kappa shape index (κ1) is 27.4. The van der Waals surface area contributed by atoms with Gasteiger partial charge < -0.3 is 10.2 Å². The van der Waals surface area contributed by atoms with Gasteiger partial charge in [-0.25, -0.2) is 19.4 Å². The zero-order valence-corrected chi connectivity index (χ0v) is 22.3. The van der Waals surface area contributed by atoms with E-state index in [0.29, 0.717) is 11.1 Å². The van der Waals surface area contributed by atoms with Crippen molar-refractivity contribution in [3.63, 3.8) is 0 Å². The molecule has 0 bridgehead atoms. The number of anilines is 2. The van der Waals surface area contributed by atoms with E-state index in [1.54, 1.807) is 12.1 Å². The van der Waals surface area contributed by atoms with Gasteiger partial charge in [0.2, 0.25) is 0 Å². The second kappa shape index (κ2) is 9.94. The molecule has 0 atom stereocenters. The topological polar surface area (TPSA) is 149 Å². The summed E-state index contributed by atoms with van der Waals surface area (Å²) in [6.07, 6.45) is 10.9. The number of nitrogens with zero attached hydrogens (tertiary/aromatic N) is 2. The average molecular weight is 581 g/mol. The van der Waals surface area contributed by atoms with Crippen molar-refractivity contribution < 1.29 is 39.0 Å². The van der Waals surface area contributed by atoms with Crippen LogP contribution in [0.5, 0.6) is 0 Å². The molecule has 0 aliphatic carbocycles. The lowest BCUT2D eigenvalue weighted by atomic mass is 9.97. The molecule has 4 aromatic carbocycles. The molecule has 2 aliphatic heterocycles. The van der Waals surface area contributed by atoms with Gasteiger partial charge in [-0.3, -0.25) is 19.2 Å². The summed E-state index contributed by atoms with van der Waals surface area (Å²) in [6.45, 7) is 0. The number of aromatic carboxylic acids is 2. The van der Waals surface area contributed by atoms with Gasteiger partial charge in [0.05, 0.1) is 44.8 Å². The molecule has 4 aromatic rings. The first-order chi connectivity index (χ1) is 21.0. The molecule has 210 valence electrons. The summed E-state index contributed by atoms with van der Waals surface area (Å²) >= 11 is 0. The largest absolute Gasteiger partial charge is 0.478 e. The molecule has 10 nitrogen and oxygen atoms in total. The predicted molar refractivity (Wildman–Crippen MR) is 157 cm³/mol. The smallest absolute Gasteiger partial charge is 0.335 e. The molecule has 44 heavy (non-hydrogen) atoms. The zero-order chi connectivity index (χ0) is 31.4. The lowest BCUT2D eigenvalue weighted by Crippen LogP contribution is -2.29. The van der Waals surface area contributed by atoms with Gasteiger partial charge in [-0.1, -0.05) is 24.0 Å². The number of rotatable bonds is 5. The van der Waals surface area contributed by atoms with Crippen molar-refractivity contribution in [2.24, 2.45) is 0 Å². The number of terminal acetylenes is 2. The number of fused-ring (bicyclic) bond motifs is 2. The number of hydrogen-bond donors (Lipinski definition) is 2. The van der Waals surface area contributed by atoms with Crippen LogP contribution in [0.2, 0.25) is 0 Å². The van der Waals surface area contributed by atoms with Crippen LogP contribution >= 0.6 is 0 Å². The molecule has 0 unspecified atom stereocenters. The lowest BCUT2D eigenvalue weighted by Gasteiger charge is -2.15. The summed E-state index contributed by atoms with van der Waals surface area (Å²) in [4.78, 5) is 78.1. The second-order valence-electron chi connectivity index (χ2n) is 9.85. The minimum absolute atomic E-state index is 0.00675. The minimum Gasteiger partial charge on any atom is -0.478 e. The molecule has 2 heterocycles. The van der Waals surface area contributed by atoms with E-state index < -0.39 is 35.6 Å². The molecule has 0 radical (unpaired) electrons. The van der Waals surface area contributed by atoms with Gasteiger partial charge in [-0.2, -0.15) is 0 Å². The maximum Gasteiger partial charge on any atom is 0.335 e. The standard InChI is InChI=1S/C34H16N2O8/c1-3-17-9-21(33(41)42)13-23(11-17)35-29(37)25-7-5-19(15-27(25)31(35)39)20-6-8-26-28(16-20)32(40)36(30(26)38)24-12-18(4-2)10-22(14-24)34(43)44/h1-2,5-16H,(H,41,42)(H,43,44). The van der Waals surface area contributed by atoms with Gasteiger partial charge in [0.1, 0.15) is 0 Å². The summed E-state index contributed by atoms with van der Waals surface area (Å²) < 4.78 is 0. The maximum atomic E-state index is 13.4. The Labute approximate surface area is 248 Å². The van der Waals surface area contributed by atoms with Crippen LogP contribution in [0, 0.1) is 24.7 Å². The third kappa shape index (κ3) is 4.19. The summed E-state index contributed by atoms with van der Waals surface area (Å²) in [5.41, 5.74) is 1.17. The van der Waals surface area contributed by atoms with Crippen LogP contribution in [-0.4, -0.2) is 45.8 Å². The van der Waals surface area contributed by atoms with Crippen LogP contribution in [0.25, 0.3) is 11.1 Å². The molecule has 6 rings (SSSR count). The molecule has 10 heteroatoms. The predicted octanol–water partition coefficient (Wildman–Crippen LogP) is 4.31. The normalized spacial score (nSPS) is 13.4. The number of amides is 4. The molecule has 0 aromatic heterocycles. The summed E-state index contributed by atoms with van der Waals surface area (Å²) in [5.74, 6) is -0.644. The zero-order valence-electron chi connectivity index (χ0n) is 22.3. The van der Waals surface area contributed by atoms with Gasteiger partial charge in [0.25, 0.3) is 23.6 Å². The third-order valence-corrected chi connectivity index (χ3v) is 7.29. The Kier molecular flexibility index (Phi) is 6.19. The summed E-state index contributed by atoms with van der Waals surface area (Å²) in [5, 5.41) is 18.9. The van der Waals surface area contributed by atoms with Crippen LogP contribution < -0.4 is 9.80 Å². The average Bonchev–Trinajstić information content (AvgIpc) is 3.43. The van der Waals surface area contributed by atoms with Gasteiger partial charge in [0, 0.05) is 11.1 Å². The fraction of sp³-hybridized carbons (Fsp3) is 0. The van der Waals surface area contributed by atoms with E-state index in [9.17, 15) is 39.0 Å². The Hall–Kier alpha value is -6.78. The van der Waals surface area contributed by atoms with Crippen LogP contribution in [-0.2, 0) is 0 Å². The van der Waals surface area contributed by atoms with E-state index >= 15 is 0 Å². The number of carbonyl (C=O) groups excluding carboxylic acids is 4. The van der Waals surface area contributed by atoms with Gasteiger partial charge >= 0.3 is 11.9 Å².